The number of amides is 1. The van der Waals surface area contributed by atoms with Gasteiger partial charge in [-0.15, -0.1) is 0 Å². The number of nitrogens with one attached hydrogen (secondary N) is 2. The van der Waals surface area contributed by atoms with Gasteiger partial charge in [0, 0.05) is 19.5 Å². The van der Waals surface area contributed by atoms with Gasteiger partial charge < -0.3 is 5.32 Å². The highest BCUT2D eigenvalue weighted by Crippen LogP contribution is 2.34. The fourth-order valence-electron chi connectivity index (χ4n) is 1.31. The summed E-state index contributed by atoms with van der Waals surface area (Å²) in [7, 11) is 0. The average molecular weight is 452 g/mol. The number of hydrogen-bond acceptors (Lipinski definition) is 3. The van der Waals surface area contributed by atoms with Gasteiger partial charge in [-0.1, -0.05) is 15.9 Å². The highest BCUT2D eigenvalue weighted by molar-refractivity contribution is 9.11. The molecule has 0 aliphatic carbocycles. The predicted octanol–water partition coefficient (Wildman–Crippen LogP) is 3.31. The van der Waals surface area contributed by atoms with Crippen LogP contribution >= 0.6 is 47.8 Å². The Bertz CT molecular complexity index is 656. The third-order valence-corrected chi connectivity index (χ3v) is 3.87. The first kappa shape index (κ1) is 14.4. The Labute approximate surface area is 133 Å². The van der Waals surface area contributed by atoms with Gasteiger partial charge in [0.05, 0.1) is 5.69 Å². The zero-order valence-electron chi connectivity index (χ0n) is 9.21. The third kappa shape index (κ3) is 3.52. The number of carbonyl (C=O) groups is 1. The maximum atomic E-state index is 12.0. The van der Waals surface area contributed by atoms with Gasteiger partial charge in [-0.05, 0) is 50.1 Å². The molecule has 1 heterocycles. The van der Waals surface area contributed by atoms with E-state index in [2.05, 4.69) is 63.3 Å². The van der Waals surface area contributed by atoms with E-state index in [9.17, 15) is 9.59 Å². The molecule has 0 atom stereocenters. The molecule has 0 fully saturated rings. The van der Waals surface area contributed by atoms with Gasteiger partial charge in [-0.3, -0.25) is 9.59 Å². The Morgan fingerprint density at radius 1 is 1.16 bits per heavy atom. The highest BCUT2D eigenvalue weighted by Gasteiger charge is 2.13. The van der Waals surface area contributed by atoms with E-state index in [0.29, 0.717) is 14.6 Å². The Hall–Kier alpha value is -0.990. The summed E-state index contributed by atoms with van der Waals surface area (Å²) in [6.45, 7) is 0. The summed E-state index contributed by atoms with van der Waals surface area (Å²) < 4.78 is 2.30. The largest absolute Gasteiger partial charge is 0.319 e. The van der Waals surface area contributed by atoms with Crippen LogP contribution in [-0.4, -0.2) is 16.1 Å². The van der Waals surface area contributed by atoms with Crippen molar-refractivity contribution in [2.24, 2.45) is 0 Å². The molecule has 1 aromatic carbocycles. The lowest BCUT2D eigenvalue weighted by molar-refractivity contribution is 0.102. The van der Waals surface area contributed by atoms with Crippen LogP contribution in [-0.2, 0) is 0 Å². The summed E-state index contributed by atoms with van der Waals surface area (Å²) in [5, 5.41) is 8.57. The molecule has 0 aliphatic rings. The van der Waals surface area contributed by atoms with Crippen molar-refractivity contribution in [3.8, 4) is 0 Å². The first-order valence-electron chi connectivity index (χ1n) is 4.99. The molecule has 2 N–H and O–H groups in total. The van der Waals surface area contributed by atoms with Crippen LogP contribution in [0.25, 0.3) is 0 Å². The fraction of sp³-hybridized carbons (Fsp3) is 0. The first-order chi connectivity index (χ1) is 8.97. The average Bonchev–Trinajstić information content (AvgIpc) is 2.34. The van der Waals surface area contributed by atoms with Gasteiger partial charge in [0.25, 0.3) is 11.5 Å². The minimum atomic E-state index is -0.417. The van der Waals surface area contributed by atoms with Crippen molar-refractivity contribution in [1.82, 2.24) is 10.2 Å². The second-order valence-corrected chi connectivity index (χ2v) is 6.13. The van der Waals surface area contributed by atoms with Crippen LogP contribution in [0, 0.1) is 0 Å². The van der Waals surface area contributed by atoms with Gasteiger partial charge in [-0.25, -0.2) is 5.10 Å². The van der Waals surface area contributed by atoms with E-state index in [0.717, 1.165) is 4.47 Å². The number of H-pyrrole nitrogens is 1. The van der Waals surface area contributed by atoms with E-state index in [1.807, 2.05) is 0 Å². The zero-order valence-corrected chi connectivity index (χ0v) is 14.0. The van der Waals surface area contributed by atoms with E-state index >= 15 is 0 Å². The smallest absolute Gasteiger partial charge is 0.276 e. The highest BCUT2D eigenvalue weighted by atomic mass is 79.9. The van der Waals surface area contributed by atoms with Crippen LogP contribution in [0.2, 0.25) is 0 Å². The van der Waals surface area contributed by atoms with E-state index in [-0.39, 0.29) is 11.3 Å². The van der Waals surface area contributed by atoms with Crippen LogP contribution in [0.3, 0.4) is 0 Å². The molecule has 2 aromatic rings. The molecule has 5 nitrogen and oxygen atoms in total. The first-order valence-corrected chi connectivity index (χ1v) is 7.37. The lowest BCUT2D eigenvalue weighted by atomic mass is 10.3. The molecule has 0 saturated carbocycles. The molecule has 1 amide bonds. The van der Waals surface area contributed by atoms with Gasteiger partial charge in [0.1, 0.15) is 5.69 Å². The molecule has 2 rings (SSSR count). The lowest BCUT2D eigenvalue weighted by Crippen LogP contribution is -2.18. The number of rotatable bonds is 2. The van der Waals surface area contributed by atoms with Crippen molar-refractivity contribution in [3.63, 3.8) is 0 Å². The molecular weight excluding hydrogens is 446 g/mol. The van der Waals surface area contributed by atoms with Crippen LogP contribution in [0.15, 0.2) is 42.5 Å². The summed E-state index contributed by atoms with van der Waals surface area (Å²) >= 11 is 10.1. The van der Waals surface area contributed by atoms with Gasteiger partial charge in [-0.2, -0.15) is 5.10 Å². The normalized spacial score (nSPS) is 10.3. The molecule has 98 valence electrons. The second kappa shape index (κ2) is 5.98. The molecule has 0 spiro atoms. The maximum Gasteiger partial charge on any atom is 0.276 e. The summed E-state index contributed by atoms with van der Waals surface area (Å²) in [5.74, 6) is -0.417. The van der Waals surface area contributed by atoms with Crippen LogP contribution in [0.5, 0.6) is 0 Å². The monoisotopic (exact) mass is 449 g/mol. The van der Waals surface area contributed by atoms with Crippen molar-refractivity contribution in [2.75, 3.05) is 5.32 Å². The summed E-state index contributed by atoms with van der Waals surface area (Å²) in [5.41, 5.74) is 0.352. The Morgan fingerprint density at radius 2 is 1.79 bits per heavy atom. The SMILES string of the molecule is O=C(Nc1c(Br)cc(Br)cc1Br)c1ccc(=O)[nH]n1. The molecule has 0 radical (unpaired) electrons. The molecule has 0 unspecified atom stereocenters. The van der Waals surface area contributed by atoms with E-state index in [4.69, 9.17) is 0 Å². The van der Waals surface area contributed by atoms with Crippen molar-refractivity contribution < 1.29 is 4.79 Å². The lowest BCUT2D eigenvalue weighted by Gasteiger charge is -2.09. The van der Waals surface area contributed by atoms with Crippen molar-refractivity contribution >= 4 is 59.4 Å². The Balaban J connectivity index is 2.29. The number of halogens is 3. The Kier molecular flexibility index (Phi) is 4.54. The van der Waals surface area contributed by atoms with Gasteiger partial charge in [0.2, 0.25) is 0 Å². The number of aromatic amines is 1. The summed E-state index contributed by atoms with van der Waals surface area (Å²) in [6.07, 6.45) is 0. The minimum absolute atomic E-state index is 0.126. The molecule has 8 heteroatoms. The predicted molar refractivity (Wildman–Crippen MR) is 82.4 cm³/mol. The van der Waals surface area contributed by atoms with Crippen LogP contribution in [0.4, 0.5) is 5.69 Å². The fourth-order valence-corrected chi connectivity index (χ4v) is 3.77. The van der Waals surface area contributed by atoms with E-state index in [1.54, 1.807) is 12.1 Å². The number of aromatic nitrogens is 2. The van der Waals surface area contributed by atoms with Gasteiger partial charge >= 0.3 is 0 Å². The third-order valence-electron chi connectivity index (χ3n) is 2.16. The van der Waals surface area contributed by atoms with Crippen molar-refractivity contribution in [3.05, 3.63) is 53.7 Å². The van der Waals surface area contributed by atoms with Crippen molar-refractivity contribution in [2.45, 2.75) is 0 Å². The van der Waals surface area contributed by atoms with E-state index in [1.165, 1.54) is 12.1 Å². The molecular formula is C11H6Br3N3O2. The number of benzene rings is 1. The number of anilines is 1. The Morgan fingerprint density at radius 3 is 2.32 bits per heavy atom. The molecule has 1 aromatic heterocycles. The zero-order chi connectivity index (χ0) is 14.0. The topological polar surface area (TPSA) is 74.8 Å². The summed E-state index contributed by atoms with van der Waals surface area (Å²) in [4.78, 5) is 22.8. The van der Waals surface area contributed by atoms with Gasteiger partial charge in [0.15, 0.2) is 0 Å². The van der Waals surface area contributed by atoms with E-state index < -0.39 is 5.91 Å². The maximum absolute atomic E-state index is 12.0. The molecule has 0 bridgehead atoms. The quantitative estimate of drug-likeness (QED) is 0.735. The molecule has 0 aliphatic heterocycles. The molecule has 0 saturated heterocycles. The van der Waals surface area contributed by atoms with Crippen LogP contribution < -0.4 is 10.9 Å². The van der Waals surface area contributed by atoms with Crippen molar-refractivity contribution in [1.29, 1.82) is 0 Å². The summed E-state index contributed by atoms with van der Waals surface area (Å²) in [6, 6.07) is 6.21. The minimum Gasteiger partial charge on any atom is -0.319 e. The van der Waals surface area contributed by atoms with Crippen LogP contribution in [0.1, 0.15) is 10.5 Å². The number of carbonyl (C=O) groups excluding carboxylic acids is 1. The second-order valence-electron chi connectivity index (χ2n) is 3.50. The standard InChI is InChI=1S/C11H6Br3N3O2/c12-5-3-6(13)10(7(14)4-5)15-11(19)8-1-2-9(18)17-16-8/h1-4H,(H,15,19)(H,17,18). The molecule has 19 heavy (non-hydrogen) atoms. The number of hydrogen-bond donors (Lipinski definition) is 2. The number of nitrogens with zero attached hydrogens (tertiary/aromatic N) is 1.